The molecule has 0 N–H and O–H groups in total. The summed E-state index contributed by atoms with van der Waals surface area (Å²) in [6, 6.07) is 15.4. The van der Waals surface area contributed by atoms with Crippen LogP contribution < -0.4 is 5.56 Å². The van der Waals surface area contributed by atoms with Gasteiger partial charge in [-0.15, -0.1) is 0 Å². The van der Waals surface area contributed by atoms with Gasteiger partial charge in [0.2, 0.25) is 0 Å². The Morgan fingerprint density at radius 3 is 2.70 bits per heavy atom. The molecule has 0 saturated heterocycles. The van der Waals surface area contributed by atoms with Crippen molar-refractivity contribution in [3.05, 3.63) is 76.5 Å². The first-order valence-electron chi connectivity index (χ1n) is 8.57. The molecule has 27 heavy (non-hydrogen) atoms. The average molecular weight is 353 g/mol. The first-order chi connectivity index (χ1) is 13.1. The van der Waals surface area contributed by atoms with Gasteiger partial charge in [0.25, 0.3) is 5.56 Å². The van der Waals surface area contributed by atoms with Crippen LogP contribution in [0, 0.1) is 18.3 Å². The highest BCUT2D eigenvalue weighted by atomic mass is 16.1. The minimum atomic E-state index is -0.322. The van der Waals surface area contributed by atoms with Crippen molar-refractivity contribution in [2.45, 2.75) is 6.92 Å². The van der Waals surface area contributed by atoms with E-state index in [4.69, 9.17) is 0 Å². The maximum atomic E-state index is 13.1. The van der Waals surface area contributed by atoms with Crippen molar-refractivity contribution in [3.8, 4) is 11.8 Å². The van der Waals surface area contributed by atoms with Crippen LogP contribution in [0.2, 0.25) is 0 Å². The van der Waals surface area contributed by atoms with Gasteiger partial charge in [-0.25, -0.2) is 4.98 Å². The van der Waals surface area contributed by atoms with Gasteiger partial charge in [-0.05, 0) is 31.2 Å². The van der Waals surface area contributed by atoms with E-state index in [1.165, 1.54) is 0 Å². The highest BCUT2D eigenvalue weighted by Gasteiger charge is 2.17. The minimum absolute atomic E-state index is 0.121. The summed E-state index contributed by atoms with van der Waals surface area (Å²) in [7, 11) is 1.95. The van der Waals surface area contributed by atoms with Gasteiger partial charge >= 0.3 is 0 Å². The molecule has 0 saturated carbocycles. The van der Waals surface area contributed by atoms with E-state index in [1.807, 2.05) is 77.8 Å². The monoisotopic (exact) mass is 353 g/mol. The zero-order valence-electron chi connectivity index (χ0n) is 14.8. The Balaban J connectivity index is 2.00. The third-order valence-electron chi connectivity index (χ3n) is 5.00. The van der Waals surface area contributed by atoms with Gasteiger partial charge in [-0.3, -0.25) is 9.36 Å². The predicted octanol–water partition coefficient (Wildman–Crippen LogP) is 3.31. The molecule has 1 aromatic carbocycles. The van der Waals surface area contributed by atoms with Crippen LogP contribution in [0.3, 0.4) is 0 Å². The molecule has 0 aliphatic rings. The van der Waals surface area contributed by atoms with Crippen molar-refractivity contribution in [1.29, 1.82) is 5.26 Å². The van der Waals surface area contributed by atoms with Crippen LogP contribution in [-0.4, -0.2) is 18.5 Å². The number of imidazole rings is 1. The number of fused-ring (bicyclic) bond motifs is 4. The van der Waals surface area contributed by atoms with Crippen LogP contribution in [0.1, 0.15) is 11.3 Å². The maximum absolute atomic E-state index is 13.1. The van der Waals surface area contributed by atoms with E-state index in [1.54, 1.807) is 10.6 Å². The fourth-order valence-corrected chi connectivity index (χ4v) is 3.78. The number of aromatic nitrogens is 4. The van der Waals surface area contributed by atoms with Crippen molar-refractivity contribution in [3.63, 3.8) is 0 Å². The Hall–Kier alpha value is -3.85. The van der Waals surface area contributed by atoms with E-state index in [0.717, 1.165) is 33.3 Å². The van der Waals surface area contributed by atoms with Crippen molar-refractivity contribution in [2.75, 3.05) is 0 Å². The molecule has 0 unspecified atom stereocenters. The van der Waals surface area contributed by atoms with E-state index < -0.39 is 0 Å². The van der Waals surface area contributed by atoms with Crippen molar-refractivity contribution in [2.24, 2.45) is 7.05 Å². The van der Waals surface area contributed by atoms with Gasteiger partial charge in [0.1, 0.15) is 17.3 Å². The molecule has 4 heterocycles. The van der Waals surface area contributed by atoms with E-state index in [2.05, 4.69) is 4.98 Å². The molecule has 4 aromatic heterocycles. The normalized spacial score (nSPS) is 11.4. The maximum Gasteiger partial charge on any atom is 0.273 e. The number of benzene rings is 1. The zero-order valence-corrected chi connectivity index (χ0v) is 14.8. The third-order valence-corrected chi connectivity index (χ3v) is 5.00. The van der Waals surface area contributed by atoms with Crippen molar-refractivity contribution in [1.82, 2.24) is 18.5 Å². The number of aryl methyl sites for hydroxylation is 2. The minimum Gasteiger partial charge on any atom is -0.342 e. The van der Waals surface area contributed by atoms with Gasteiger partial charge in [0.05, 0.1) is 27.9 Å². The molecule has 6 heteroatoms. The van der Waals surface area contributed by atoms with Crippen LogP contribution in [0.4, 0.5) is 0 Å². The molecule has 5 rings (SSSR count). The van der Waals surface area contributed by atoms with Crippen LogP contribution in [0.25, 0.3) is 33.3 Å². The summed E-state index contributed by atoms with van der Waals surface area (Å²) in [5.41, 5.74) is 4.87. The van der Waals surface area contributed by atoms with Crippen LogP contribution in [0.15, 0.2) is 59.7 Å². The molecular formula is C21H15N5O. The van der Waals surface area contributed by atoms with Gasteiger partial charge in [0, 0.05) is 24.8 Å². The number of nitriles is 1. The SMILES string of the molecule is Cc1cn2cc(-n3c(=O)c(C#N)cc4c3c3ccccc3n4C)ccc2n1. The molecule has 6 nitrogen and oxygen atoms in total. The molecule has 0 bridgehead atoms. The Morgan fingerprint density at radius 1 is 1.07 bits per heavy atom. The summed E-state index contributed by atoms with van der Waals surface area (Å²) >= 11 is 0. The van der Waals surface area contributed by atoms with Crippen LogP contribution in [-0.2, 0) is 7.05 Å². The number of hydrogen-bond donors (Lipinski definition) is 0. The van der Waals surface area contributed by atoms with Gasteiger partial charge in [-0.1, -0.05) is 18.2 Å². The highest BCUT2D eigenvalue weighted by Crippen LogP contribution is 2.29. The number of pyridine rings is 2. The predicted molar refractivity (Wildman–Crippen MR) is 104 cm³/mol. The zero-order chi connectivity index (χ0) is 18.7. The third kappa shape index (κ3) is 2.06. The molecule has 130 valence electrons. The molecule has 5 aromatic rings. The lowest BCUT2D eigenvalue weighted by molar-refractivity contribution is 0.982. The number of nitrogens with zero attached hydrogens (tertiary/aromatic N) is 5. The molecular weight excluding hydrogens is 338 g/mol. The lowest BCUT2D eigenvalue weighted by Gasteiger charge is -2.10. The topological polar surface area (TPSA) is 68.0 Å². The fraction of sp³-hybridized carbons (Fsp3) is 0.0952. The Labute approximate surface area is 154 Å². The van der Waals surface area contributed by atoms with Gasteiger partial charge < -0.3 is 8.97 Å². The molecule has 0 spiro atoms. The summed E-state index contributed by atoms with van der Waals surface area (Å²) in [4.78, 5) is 17.6. The molecule has 0 atom stereocenters. The Kier molecular flexibility index (Phi) is 3.04. The summed E-state index contributed by atoms with van der Waals surface area (Å²) in [6.07, 6.45) is 3.79. The summed E-state index contributed by atoms with van der Waals surface area (Å²) in [6.45, 7) is 1.93. The lowest BCUT2D eigenvalue weighted by atomic mass is 10.2. The smallest absolute Gasteiger partial charge is 0.273 e. The highest BCUT2D eigenvalue weighted by molar-refractivity contribution is 6.06. The molecule has 0 amide bonds. The number of hydrogen-bond acceptors (Lipinski definition) is 3. The Morgan fingerprint density at radius 2 is 1.89 bits per heavy atom. The second-order valence-electron chi connectivity index (χ2n) is 6.66. The second-order valence-corrected chi connectivity index (χ2v) is 6.66. The lowest BCUT2D eigenvalue weighted by Crippen LogP contribution is -2.21. The Bertz CT molecular complexity index is 1480. The molecule has 0 radical (unpaired) electrons. The van der Waals surface area contributed by atoms with E-state index in [9.17, 15) is 10.1 Å². The second kappa shape index (κ2) is 5.32. The standard InChI is InChI=1S/C21H15N5O/c1-13-11-25-12-15(7-8-19(25)23-13)26-20-16-5-3-4-6-17(16)24(2)18(20)9-14(10-22)21(26)27/h3-9,11-12H,1-2H3. The van der Waals surface area contributed by atoms with Gasteiger partial charge in [0.15, 0.2) is 0 Å². The number of para-hydroxylation sites is 1. The first-order valence-corrected chi connectivity index (χ1v) is 8.57. The molecule has 0 aliphatic heterocycles. The molecule has 0 fully saturated rings. The summed E-state index contributed by atoms with van der Waals surface area (Å²) in [5.74, 6) is 0. The quantitative estimate of drug-likeness (QED) is 0.464. The van der Waals surface area contributed by atoms with Crippen LogP contribution in [0.5, 0.6) is 0 Å². The van der Waals surface area contributed by atoms with Crippen LogP contribution >= 0.6 is 0 Å². The largest absolute Gasteiger partial charge is 0.342 e. The summed E-state index contributed by atoms with van der Waals surface area (Å²) < 4.78 is 5.54. The van der Waals surface area contributed by atoms with Crippen molar-refractivity contribution >= 4 is 27.6 Å². The van der Waals surface area contributed by atoms with Gasteiger partial charge in [-0.2, -0.15) is 5.26 Å². The fourth-order valence-electron chi connectivity index (χ4n) is 3.78. The van der Waals surface area contributed by atoms with E-state index in [0.29, 0.717) is 5.69 Å². The van der Waals surface area contributed by atoms with Crippen molar-refractivity contribution < 1.29 is 0 Å². The van der Waals surface area contributed by atoms with E-state index >= 15 is 0 Å². The average Bonchev–Trinajstić information content (AvgIpc) is 3.18. The first kappa shape index (κ1) is 15.4. The molecule has 0 aliphatic carbocycles. The van der Waals surface area contributed by atoms with E-state index in [-0.39, 0.29) is 11.1 Å². The summed E-state index contributed by atoms with van der Waals surface area (Å²) in [5, 5.41) is 10.5. The number of rotatable bonds is 1.